The number of amides is 1. The number of carbonyl (C=O) groups is 1. The number of benzene rings is 1. The Bertz CT molecular complexity index is 1010. The molecule has 0 atom stereocenters. The highest BCUT2D eigenvalue weighted by atomic mass is 35.5. The van der Waals surface area contributed by atoms with Crippen molar-refractivity contribution in [3.05, 3.63) is 74.9 Å². The number of hydrogen-bond acceptors (Lipinski definition) is 4. The van der Waals surface area contributed by atoms with Gasteiger partial charge in [0.1, 0.15) is 5.69 Å². The smallest absolute Gasteiger partial charge is 0.292 e. The van der Waals surface area contributed by atoms with Gasteiger partial charge in [-0.1, -0.05) is 35.0 Å². The summed E-state index contributed by atoms with van der Waals surface area (Å²) in [6, 6.07) is 10.7. The molecule has 3 aromatic rings. The third kappa shape index (κ3) is 2.85. The molecule has 1 aliphatic rings. The normalized spacial score (nSPS) is 13.6. The maximum atomic E-state index is 12.7. The van der Waals surface area contributed by atoms with Crippen LogP contribution in [0.1, 0.15) is 21.7 Å². The first-order valence-corrected chi connectivity index (χ1v) is 8.21. The van der Waals surface area contributed by atoms with Crippen LogP contribution in [0.5, 0.6) is 0 Å². The number of halogens is 1. The summed E-state index contributed by atoms with van der Waals surface area (Å²) in [5.41, 5.74) is 2.64. The fourth-order valence-corrected chi connectivity index (χ4v) is 3.22. The lowest BCUT2D eigenvalue weighted by atomic mass is 10.0. The molecule has 0 saturated carbocycles. The minimum absolute atomic E-state index is 0.130. The number of nitrogens with zero attached hydrogens (tertiary/aromatic N) is 2. The van der Waals surface area contributed by atoms with Gasteiger partial charge < -0.3 is 14.4 Å². The van der Waals surface area contributed by atoms with E-state index >= 15 is 0 Å². The van der Waals surface area contributed by atoms with Gasteiger partial charge >= 0.3 is 0 Å². The molecule has 0 aliphatic carbocycles. The number of H-pyrrole nitrogens is 1. The summed E-state index contributed by atoms with van der Waals surface area (Å²) in [5.74, 6) is -0.162. The van der Waals surface area contributed by atoms with Crippen molar-refractivity contribution in [1.29, 1.82) is 0 Å². The minimum atomic E-state index is -0.292. The maximum Gasteiger partial charge on any atom is 0.292 e. The third-order valence-corrected chi connectivity index (χ3v) is 4.65. The fraction of sp³-hybridized carbons (Fsp3) is 0.167. The molecule has 3 heterocycles. The van der Waals surface area contributed by atoms with Gasteiger partial charge in [0, 0.05) is 29.9 Å². The Morgan fingerprint density at radius 1 is 1.28 bits per heavy atom. The van der Waals surface area contributed by atoms with Gasteiger partial charge in [-0.2, -0.15) is 0 Å². The van der Waals surface area contributed by atoms with Crippen LogP contribution >= 0.6 is 11.6 Å². The summed E-state index contributed by atoms with van der Waals surface area (Å²) in [6.45, 7) is 0.782. The number of carbonyl (C=O) groups excluding carboxylic acids is 1. The van der Waals surface area contributed by atoms with Crippen molar-refractivity contribution in [2.75, 3.05) is 6.54 Å². The number of nitrogens with one attached hydrogen (secondary N) is 1. The topological polar surface area (TPSA) is 79.2 Å². The second kappa shape index (κ2) is 6.22. The van der Waals surface area contributed by atoms with Crippen LogP contribution in [0.15, 0.2) is 51.9 Å². The van der Waals surface area contributed by atoms with Crippen molar-refractivity contribution in [3.8, 4) is 11.3 Å². The second-order valence-electron chi connectivity index (χ2n) is 5.84. The molecule has 0 spiro atoms. The highest BCUT2D eigenvalue weighted by molar-refractivity contribution is 6.33. The van der Waals surface area contributed by atoms with Gasteiger partial charge in [-0.3, -0.25) is 9.59 Å². The molecule has 25 heavy (non-hydrogen) atoms. The Morgan fingerprint density at radius 3 is 2.96 bits per heavy atom. The molecule has 0 radical (unpaired) electrons. The highest BCUT2D eigenvalue weighted by Crippen LogP contribution is 2.27. The largest absolute Gasteiger partial charge is 0.350 e. The lowest BCUT2D eigenvalue weighted by molar-refractivity contribution is 0.0691. The van der Waals surface area contributed by atoms with E-state index in [1.165, 1.54) is 0 Å². The molecule has 1 aromatic carbocycles. The third-order valence-electron chi connectivity index (χ3n) is 4.32. The van der Waals surface area contributed by atoms with E-state index in [-0.39, 0.29) is 23.8 Å². The zero-order valence-corrected chi connectivity index (χ0v) is 13.9. The van der Waals surface area contributed by atoms with Crippen molar-refractivity contribution < 1.29 is 9.32 Å². The summed E-state index contributed by atoms with van der Waals surface area (Å²) >= 11 is 6.15. The van der Waals surface area contributed by atoms with Crippen LogP contribution < -0.4 is 5.56 Å². The molecular weight excluding hydrogens is 342 g/mol. The van der Waals surface area contributed by atoms with E-state index in [0.717, 1.165) is 5.56 Å². The Balaban J connectivity index is 1.60. The van der Waals surface area contributed by atoms with Gasteiger partial charge in [-0.25, -0.2) is 0 Å². The molecule has 7 heteroatoms. The van der Waals surface area contributed by atoms with Gasteiger partial charge in [-0.05, 0) is 24.1 Å². The highest BCUT2D eigenvalue weighted by Gasteiger charge is 2.26. The van der Waals surface area contributed by atoms with E-state index in [2.05, 4.69) is 10.1 Å². The van der Waals surface area contributed by atoms with E-state index in [0.29, 0.717) is 34.8 Å². The predicted molar refractivity (Wildman–Crippen MR) is 92.5 cm³/mol. The van der Waals surface area contributed by atoms with E-state index in [1.54, 1.807) is 23.2 Å². The van der Waals surface area contributed by atoms with E-state index in [4.69, 9.17) is 16.1 Å². The molecule has 1 amide bonds. The molecule has 6 nitrogen and oxygen atoms in total. The number of pyridine rings is 1. The van der Waals surface area contributed by atoms with Gasteiger partial charge in [-0.15, -0.1) is 0 Å². The first kappa shape index (κ1) is 15.7. The first-order chi connectivity index (χ1) is 12.1. The van der Waals surface area contributed by atoms with E-state index < -0.39 is 0 Å². The van der Waals surface area contributed by atoms with Gasteiger partial charge in [0.2, 0.25) is 5.76 Å². The number of aromatic amines is 1. The van der Waals surface area contributed by atoms with Crippen LogP contribution in [0, 0.1) is 0 Å². The molecule has 0 unspecified atom stereocenters. The van der Waals surface area contributed by atoms with Crippen LogP contribution in [0.2, 0.25) is 5.02 Å². The summed E-state index contributed by atoms with van der Waals surface area (Å²) in [6.07, 6.45) is 2.27. The molecule has 0 fully saturated rings. The Kier molecular flexibility index (Phi) is 3.89. The van der Waals surface area contributed by atoms with Gasteiger partial charge in [0.25, 0.3) is 11.5 Å². The molecule has 4 rings (SSSR count). The fourth-order valence-electron chi connectivity index (χ4n) is 2.99. The summed E-state index contributed by atoms with van der Waals surface area (Å²) in [7, 11) is 0. The zero-order valence-electron chi connectivity index (χ0n) is 13.2. The molecule has 0 bridgehead atoms. The summed E-state index contributed by atoms with van der Waals surface area (Å²) in [4.78, 5) is 28.9. The first-order valence-electron chi connectivity index (χ1n) is 7.84. The van der Waals surface area contributed by atoms with Crippen LogP contribution in [0.4, 0.5) is 0 Å². The van der Waals surface area contributed by atoms with Crippen molar-refractivity contribution in [2.45, 2.75) is 13.0 Å². The van der Waals surface area contributed by atoms with Crippen LogP contribution in [-0.2, 0) is 13.0 Å². The second-order valence-corrected chi connectivity index (χ2v) is 6.25. The number of hydrogen-bond donors (Lipinski definition) is 1. The average molecular weight is 356 g/mol. The van der Waals surface area contributed by atoms with Crippen molar-refractivity contribution in [1.82, 2.24) is 15.0 Å². The molecule has 2 aromatic heterocycles. The monoisotopic (exact) mass is 355 g/mol. The summed E-state index contributed by atoms with van der Waals surface area (Å²) < 4.78 is 5.22. The number of aromatic nitrogens is 2. The maximum absolute atomic E-state index is 12.7. The number of rotatable bonds is 2. The number of fused-ring (bicyclic) bond motifs is 1. The SMILES string of the molecule is O=C(c1cc(-c2ccccc2Cl)no1)N1CCc2cc[nH]c(=O)c2C1. The molecular formula is C18H14ClN3O3. The van der Waals surface area contributed by atoms with Gasteiger partial charge in [0.05, 0.1) is 11.6 Å². The van der Waals surface area contributed by atoms with E-state index in [1.807, 2.05) is 24.3 Å². The van der Waals surface area contributed by atoms with Crippen molar-refractivity contribution >= 4 is 17.5 Å². The Labute approximate surface area is 148 Å². The summed E-state index contributed by atoms with van der Waals surface area (Å²) in [5, 5.41) is 4.49. The van der Waals surface area contributed by atoms with E-state index in [9.17, 15) is 9.59 Å². The molecule has 0 saturated heterocycles. The van der Waals surface area contributed by atoms with Crippen LogP contribution in [-0.4, -0.2) is 27.5 Å². The Morgan fingerprint density at radius 2 is 2.12 bits per heavy atom. The lowest BCUT2D eigenvalue weighted by Gasteiger charge is -2.27. The lowest BCUT2D eigenvalue weighted by Crippen LogP contribution is -2.38. The van der Waals surface area contributed by atoms with Crippen LogP contribution in [0.25, 0.3) is 11.3 Å². The van der Waals surface area contributed by atoms with Gasteiger partial charge in [0.15, 0.2) is 0 Å². The standard InChI is InChI=1S/C18H14ClN3O3/c19-14-4-2-1-3-12(14)15-9-16(25-21-15)18(24)22-8-6-11-5-7-20-17(23)13(11)10-22/h1-5,7,9H,6,8,10H2,(H,20,23). The van der Waals surface area contributed by atoms with Crippen molar-refractivity contribution in [2.24, 2.45) is 0 Å². The molecule has 1 N–H and O–H groups in total. The van der Waals surface area contributed by atoms with Crippen LogP contribution in [0.3, 0.4) is 0 Å². The predicted octanol–water partition coefficient (Wildman–Crippen LogP) is 2.88. The quantitative estimate of drug-likeness (QED) is 0.766. The molecule has 126 valence electrons. The Hall–Kier alpha value is -2.86. The molecule has 1 aliphatic heterocycles. The minimum Gasteiger partial charge on any atom is -0.350 e. The van der Waals surface area contributed by atoms with Crippen molar-refractivity contribution in [3.63, 3.8) is 0 Å². The average Bonchev–Trinajstić information content (AvgIpc) is 3.11. The zero-order chi connectivity index (χ0) is 17.4.